The lowest BCUT2D eigenvalue weighted by molar-refractivity contribution is -0.140. The van der Waals surface area contributed by atoms with E-state index in [-0.39, 0.29) is 11.3 Å². The molecule has 1 fully saturated rings. The molecule has 0 aliphatic carbocycles. The van der Waals surface area contributed by atoms with E-state index in [9.17, 15) is 14.7 Å². The fourth-order valence-corrected chi connectivity index (χ4v) is 3.34. The molecule has 1 aliphatic rings. The minimum absolute atomic E-state index is 0.0688. The number of aliphatic hydroxyl groups excluding tert-OH is 1. The molecule has 3 rings (SSSR count). The number of amides is 1. The van der Waals surface area contributed by atoms with Crippen LogP contribution in [0, 0.1) is 13.8 Å². The van der Waals surface area contributed by atoms with Gasteiger partial charge < -0.3 is 14.9 Å². The molecule has 2 N–H and O–H groups in total. The summed E-state index contributed by atoms with van der Waals surface area (Å²) >= 11 is 0. The second-order valence-electron chi connectivity index (χ2n) is 6.89. The van der Waals surface area contributed by atoms with E-state index in [1.165, 1.54) is 4.90 Å². The van der Waals surface area contributed by atoms with E-state index in [0.717, 1.165) is 0 Å². The number of rotatable bonds is 5. The number of aryl methyl sites for hydroxylation is 2. The molecule has 1 saturated heterocycles. The molecular weight excluding hydrogens is 346 g/mol. The van der Waals surface area contributed by atoms with Crippen molar-refractivity contribution in [3.8, 4) is 0 Å². The van der Waals surface area contributed by atoms with Crippen molar-refractivity contribution in [3.05, 3.63) is 52.6 Å². The van der Waals surface area contributed by atoms with Crippen molar-refractivity contribution in [2.45, 2.75) is 19.9 Å². The molecule has 0 radical (unpaired) electrons. The predicted octanol–water partition coefficient (Wildman–Crippen LogP) is 1.40. The summed E-state index contributed by atoms with van der Waals surface area (Å²) < 4.78 is 0. The first-order valence-electron chi connectivity index (χ1n) is 8.68. The van der Waals surface area contributed by atoms with Crippen molar-refractivity contribution in [1.82, 2.24) is 25.0 Å². The fourth-order valence-electron chi connectivity index (χ4n) is 3.34. The molecule has 0 spiro atoms. The normalized spacial score (nSPS) is 19.3. The Labute approximate surface area is 157 Å². The Kier molecular flexibility index (Phi) is 5.09. The summed E-state index contributed by atoms with van der Waals surface area (Å²) in [5.74, 6) is -1.52. The lowest BCUT2D eigenvalue weighted by atomic mass is 9.95. The second-order valence-corrected chi connectivity index (χ2v) is 6.89. The summed E-state index contributed by atoms with van der Waals surface area (Å²) in [5.41, 5.74) is 2.40. The van der Waals surface area contributed by atoms with Gasteiger partial charge in [-0.05, 0) is 39.6 Å². The van der Waals surface area contributed by atoms with Crippen molar-refractivity contribution in [3.63, 3.8) is 0 Å². The molecule has 1 atom stereocenters. The molecule has 8 heteroatoms. The first-order chi connectivity index (χ1) is 12.8. The van der Waals surface area contributed by atoms with Crippen molar-refractivity contribution >= 4 is 17.4 Å². The number of H-pyrrole nitrogens is 1. The molecule has 3 heterocycles. The molecule has 142 valence electrons. The third kappa shape index (κ3) is 3.35. The number of hydrogen-bond donors (Lipinski definition) is 2. The van der Waals surface area contributed by atoms with Gasteiger partial charge in [-0.15, -0.1) is 0 Å². The van der Waals surface area contributed by atoms with Gasteiger partial charge in [0.25, 0.3) is 11.7 Å². The number of aliphatic hydroxyl groups is 1. The van der Waals surface area contributed by atoms with E-state index in [1.54, 1.807) is 38.4 Å². The van der Waals surface area contributed by atoms with Crippen molar-refractivity contribution in [2.24, 2.45) is 0 Å². The Hall–Kier alpha value is -3.00. The number of likely N-dealkylation sites (N-methyl/N-ethyl adjacent to an activating group) is 1. The maximum Gasteiger partial charge on any atom is 0.295 e. The molecule has 2 aromatic rings. The zero-order valence-corrected chi connectivity index (χ0v) is 15.9. The van der Waals surface area contributed by atoms with Gasteiger partial charge >= 0.3 is 0 Å². The van der Waals surface area contributed by atoms with E-state index < -0.39 is 17.7 Å². The number of pyridine rings is 1. The highest BCUT2D eigenvalue weighted by Crippen LogP contribution is 2.39. The number of ketones is 1. The molecule has 0 saturated carbocycles. The van der Waals surface area contributed by atoms with E-state index >= 15 is 0 Å². The van der Waals surface area contributed by atoms with Crippen LogP contribution in [-0.2, 0) is 9.59 Å². The average molecular weight is 369 g/mol. The zero-order valence-electron chi connectivity index (χ0n) is 15.9. The van der Waals surface area contributed by atoms with E-state index in [1.807, 2.05) is 19.0 Å². The Balaban J connectivity index is 2.17. The van der Waals surface area contributed by atoms with Crippen molar-refractivity contribution in [2.75, 3.05) is 27.2 Å². The number of hydrogen-bond acceptors (Lipinski definition) is 6. The fraction of sp³-hybridized carbons (Fsp3) is 0.368. The van der Waals surface area contributed by atoms with Gasteiger partial charge in [-0.1, -0.05) is 6.07 Å². The minimum atomic E-state index is -0.694. The molecule has 27 heavy (non-hydrogen) atoms. The number of carbonyl (C=O) groups is 2. The molecular formula is C19H23N5O3. The molecule has 0 unspecified atom stereocenters. The highest BCUT2D eigenvalue weighted by atomic mass is 16.3. The van der Waals surface area contributed by atoms with Gasteiger partial charge in [0.2, 0.25) is 0 Å². The van der Waals surface area contributed by atoms with Crippen LogP contribution in [0.2, 0.25) is 0 Å². The number of nitrogens with one attached hydrogen (secondary N) is 1. The highest BCUT2D eigenvalue weighted by Gasteiger charge is 2.46. The maximum absolute atomic E-state index is 12.8. The minimum Gasteiger partial charge on any atom is -0.507 e. The first-order valence-corrected chi connectivity index (χ1v) is 8.68. The van der Waals surface area contributed by atoms with Gasteiger partial charge in [0, 0.05) is 31.2 Å². The van der Waals surface area contributed by atoms with Gasteiger partial charge in [-0.25, -0.2) is 0 Å². The third-order valence-electron chi connectivity index (χ3n) is 4.69. The third-order valence-corrected chi connectivity index (χ3v) is 4.69. The predicted molar refractivity (Wildman–Crippen MR) is 99.9 cm³/mol. The Morgan fingerprint density at radius 1 is 1.33 bits per heavy atom. The number of carbonyl (C=O) groups excluding carboxylic acids is 2. The van der Waals surface area contributed by atoms with Crippen LogP contribution in [-0.4, -0.2) is 69.0 Å². The van der Waals surface area contributed by atoms with Gasteiger partial charge in [0.15, 0.2) is 0 Å². The molecule has 2 aromatic heterocycles. The SMILES string of the molecule is Cc1n[nH]c(C)c1C(O)=C1C(=O)C(=O)N(CCN(C)C)[C@H]1c1cccnc1. The zero-order chi connectivity index (χ0) is 19.7. The largest absolute Gasteiger partial charge is 0.507 e. The number of aromatic amines is 1. The van der Waals surface area contributed by atoms with Gasteiger partial charge in [0.05, 0.1) is 22.9 Å². The lowest BCUT2D eigenvalue weighted by Crippen LogP contribution is -2.35. The van der Waals surface area contributed by atoms with E-state index in [0.29, 0.717) is 35.6 Å². The summed E-state index contributed by atoms with van der Waals surface area (Å²) in [6, 6.07) is 2.86. The van der Waals surface area contributed by atoms with Crippen LogP contribution in [0.5, 0.6) is 0 Å². The Morgan fingerprint density at radius 3 is 2.63 bits per heavy atom. The number of nitrogens with zero attached hydrogens (tertiary/aromatic N) is 4. The molecule has 1 aliphatic heterocycles. The summed E-state index contributed by atoms with van der Waals surface area (Å²) in [7, 11) is 3.79. The Bertz CT molecular complexity index is 882. The van der Waals surface area contributed by atoms with E-state index in [2.05, 4.69) is 15.2 Å². The summed E-state index contributed by atoms with van der Waals surface area (Å²) in [6.07, 6.45) is 3.24. The van der Waals surface area contributed by atoms with Crippen LogP contribution in [0.4, 0.5) is 0 Å². The van der Waals surface area contributed by atoms with Gasteiger partial charge in [-0.3, -0.25) is 19.7 Å². The molecule has 0 aromatic carbocycles. The number of Topliss-reactive ketones (excluding diaryl/α,β-unsaturated/α-hetero) is 1. The van der Waals surface area contributed by atoms with Gasteiger partial charge in [0.1, 0.15) is 5.76 Å². The summed E-state index contributed by atoms with van der Waals surface area (Å²) in [5, 5.41) is 17.9. The van der Waals surface area contributed by atoms with Gasteiger partial charge in [-0.2, -0.15) is 5.10 Å². The first kappa shape index (κ1) is 18.8. The summed E-state index contributed by atoms with van der Waals surface area (Å²) in [4.78, 5) is 33.1. The average Bonchev–Trinajstić information content (AvgIpc) is 3.10. The van der Waals surface area contributed by atoms with Crippen LogP contribution in [0.3, 0.4) is 0 Å². The van der Waals surface area contributed by atoms with Crippen LogP contribution in [0.25, 0.3) is 5.76 Å². The topological polar surface area (TPSA) is 102 Å². The van der Waals surface area contributed by atoms with Crippen LogP contribution in [0.1, 0.15) is 28.6 Å². The Morgan fingerprint density at radius 2 is 2.07 bits per heavy atom. The molecule has 1 amide bonds. The van der Waals surface area contributed by atoms with Crippen molar-refractivity contribution in [1.29, 1.82) is 0 Å². The van der Waals surface area contributed by atoms with Crippen LogP contribution < -0.4 is 0 Å². The smallest absolute Gasteiger partial charge is 0.295 e. The number of likely N-dealkylation sites (tertiary alicyclic amines) is 1. The monoisotopic (exact) mass is 369 g/mol. The maximum atomic E-state index is 12.8. The lowest BCUT2D eigenvalue weighted by Gasteiger charge is -2.26. The second kappa shape index (κ2) is 7.32. The number of aromatic nitrogens is 3. The standard InChI is InChI=1S/C19H23N5O3/c1-11-14(12(2)22-21-11)17(25)15-16(13-6-5-7-20-10-13)24(9-8-23(3)4)19(27)18(15)26/h5-7,10,16,25H,8-9H2,1-4H3,(H,21,22)/t16-/m0/s1. The quantitative estimate of drug-likeness (QED) is 0.469. The molecule has 0 bridgehead atoms. The van der Waals surface area contributed by atoms with Crippen LogP contribution >= 0.6 is 0 Å². The summed E-state index contributed by atoms with van der Waals surface area (Å²) in [6.45, 7) is 4.45. The molecule has 8 nitrogen and oxygen atoms in total. The highest BCUT2D eigenvalue weighted by molar-refractivity contribution is 6.46. The van der Waals surface area contributed by atoms with Crippen LogP contribution in [0.15, 0.2) is 30.1 Å². The van der Waals surface area contributed by atoms with Crippen molar-refractivity contribution < 1.29 is 14.7 Å². The van der Waals surface area contributed by atoms with E-state index in [4.69, 9.17) is 0 Å².